The van der Waals surface area contributed by atoms with Crippen molar-refractivity contribution in [2.75, 3.05) is 0 Å². The van der Waals surface area contributed by atoms with Gasteiger partial charge in [-0.15, -0.1) is 11.8 Å². The molecule has 0 N–H and O–H groups in total. The molecule has 0 spiro atoms. The Labute approximate surface area is 135 Å². The normalized spacial score (nSPS) is 10.6. The quantitative estimate of drug-likeness (QED) is 0.318. The molecule has 0 aliphatic heterocycles. The third-order valence-corrected chi connectivity index (χ3v) is 2.72. The fourth-order valence-corrected chi connectivity index (χ4v) is 0.851. The molecule has 0 atom stereocenters. The molecule has 0 fully saturated rings. The summed E-state index contributed by atoms with van der Waals surface area (Å²) in [4.78, 5) is 0. The smallest absolute Gasteiger partial charge is 0.203 e. The highest BCUT2D eigenvalue weighted by Gasteiger charge is 2.47. The van der Waals surface area contributed by atoms with E-state index in [0.717, 1.165) is 13.8 Å². The fraction of sp³-hybridized carbons (Fsp3) is 0.500. The SMILES string of the molecule is CC#CC.CC(F)(F)C(C)(F)F.Cc1c(F)c(F)c(C)c(F)c1F. The van der Waals surface area contributed by atoms with Gasteiger partial charge in [-0.05, 0) is 27.7 Å². The Morgan fingerprint density at radius 3 is 0.833 bits per heavy atom. The molecule has 1 rings (SSSR count). The first kappa shape index (κ1) is 24.5. The molecule has 0 aliphatic carbocycles. The van der Waals surface area contributed by atoms with E-state index in [1.54, 1.807) is 0 Å². The summed E-state index contributed by atoms with van der Waals surface area (Å²) >= 11 is 0. The van der Waals surface area contributed by atoms with E-state index < -0.39 is 46.2 Å². The van der Waals surface area contributed by atoms with E-state index in [4.69, 9.17) is 0 Å². The molecular weight excluding hydrogens is 344 g/mol. The van der Waals surface area contributed by atoms with E-state index in [-0.39, 0.29) is 13.8 Å². The molecule has 0 nitrogen and oxygen atoms in total. The van der Waals surface area contributed by atoms with Gasteiger partial charge in [-0.25, -0.2) is 35.1 Å². The van der Waals surface area contributed by atoms with E-state index in [1.165, 1.54) is 0 Å². The molecule has 1 aromatic rings. The average Bonchev–Trinajstić information content (AvgIpc) is 2.48. The third-order valence-electron chi connectivity index (χ3n) is 2.72. The third kappa shape index (κ3) is 7.20. The number of rotatable bonds is 1. The summed E-state index contributed by atoms with van der Waals surface area (Å²) < 4.78 is 96.5. The van der Waals surface area contributed by atoms with Crippen molar-refractivity contribution >= 4 is 0 Å². The molecule has 0 heterocycles. The lowest BCUT2D eigenvalue weighted by atomic mass is 10.1. The van der Waals surface area contributed by atoms with Crippen LogP contribution in [-0.2, 0) is 0 Å². The summed E-state index contributed by atoms with van der Waals surface area (Å²) in [5, 5.41) is 0. The van der Waals surface area contributed by atoms with Crippen molar-refractivity contribution in [3.8, 4) is 11.8 Å². The van der Waals surface area contributed by atoms with Crippen LogP contribution in [0.2, 0.25) is 0 Å². The number of hydrogen-bond acceptors (Lipinski definition) is 0. The minimum Gasteiger partial charge on any atom is -0.203 e. The zero-order chi connectivity index (χ0) is 19.9. The topological polar surface area (TPSA) is 0 Å². The Kier molecular flexibility index (Phi) is 9.69. The molecule has 0 amide bonds. The Morgan fingerprint density at radius 1 is 0.583 bits per heavy atom. The van der Waals surface area contributed by atoms with Gasteiger partial charge in [0.25, 0.3) is 0 Å². The van der Waals surface area contributed by atoms with Crippen LogP contribution in [0.25, 0.3) is 0 Å². The lowest BCUT2D eigenvalue weighted by Gasteiger charge is -2.17. The summed E-state index contributed by atoms with van der Waals surface area (Å²) in [6.07, 6.45) is 0. The molecule has 0 radical (unpaired) electrons. The summed E-state index contributed by atoms with van der Waals surface area (Å²) in [5.74, 6) is -7.74. The highest BCUT2D eigenvalue weighted by molar-refractivity contribution is 5.27. The predicted octanol–water partition coefficient (Wildman–Crippen LogP) is 6.19. The Bertz CT molecular complexity index is 475. The maximum Gasteiger partial charge on any atom is 0.307 e. The van der Waals surface area contributed by atoms with Gasteiger partial charge in [-0.1, -0.05) is 0 Å². The molecule has 0 aliphatic rings. The van der Waals surface area contributed by atoms with Crippen LogP contribution in [0.3, 0.4) is 0 Å². The molecular formula is C16H18F8. The molecule has 138 valence electrons. The zero-order valence-corrected chi connectivity index (χ0v) is 14.0. The number of alkyl halides is 4. The van der Waals surface area contributed by atoms with Gasteiger partial charge in [0.1, 0.15) is 0 Å². The molecule has 8 heteroatoms. The Morgan fingerprint density at radius 2 is 0.750 bits per heavy atom. The van der Waals surface area contributed by atoms with Crippen LogP contribution in [0.4, 0.5) is 35.1 Å². The minimum atomic E-state index is -3.90. The van der Waals surface area contributed by atoms with E-state index >= 15 is 0 Å². The zero-order valence-electron chi connectivity index (χ0n) is 14.0. The average molecular weight is 362 g/mol. The number of halogens is 8. The Balaban J connectivity index is 0. The van der Waals surface area contributed by atoms with Gasteiger partial charge in [0.2, 0.25) is 0 Å². The van der Waals surface area contributed by atoms with Crippen LogP contribution in [-0.4, -0.2) is 11.8 Å². The first-order valence-corrected chi connectivity index (χ1v) is 6.51. The number of hydrogen-bond donors (Lipinski definition) is 0. The summed E-state index contributed by atoms with van der Waals surface area (Å²) in [6, 6.07) is 0. The lowest BCUT2D eigenvalue weighted by Crippen LogP contribution is -2.33. The van der Waals surface area contributed by atoms with Gasteiger partial charge in [0, 0.05) is 25.0 Å². The van der Waals surface area contributed by atoms with Crippen molar-refractivity contribution in [2.45, 2.75) is 53.4 Å². The lowest BCUT2D eigenvalue weighted by molar-refractivity contribution is -0.185. The molecule has 0 aromatic heterocycles. The first-order chi connectivity index (χ1) is 10.6. The van der Waals surface area contributed by atoms with Gasteiger partial charge < -0.3 is 0 Å². The van der Waals surface area contributed by atoms with Crippen molar-refractivity contribution in [1.82, 2.24) is 0 Å². The van der Waals surface area contributed by atoms with Crippen LogP contribution in [0.1, 0.15) is 38.8 Å². The minimum absolute atomic E-state index is 0.188. The summed E-state index contributed by atoms with van der Waals surface area (Å²) in [7, 11) is 0. The van der Waals surface area contributed by atoms with Crippen molar-refractivity contribution in [1.29, 1.82) is 0 Å². The molecule has 0 bridgehead atoms. The van der Waals surface area contributed by atoms with Crippen LogP contribution < -0.4 is 0 Å². The van der Waals surface area contributed by atoms with Crippen molar-refractivity contribution in [2.24, 2.45) is 0 Å². The fourth-order valence-electron chi connectivity index (χ4n) is 0.851. The largest absolute Gasteiger partial charge is 0.307 e. The summed E-state index contributed by atoms with van der Waals surface area (Å²) in [6.45, 7) is 5.98. The first-order valence-electron chi connectivity index (χ1n) is 6.51. The predicted molar refractivity (Wildman–Crippen MR) is 76.1 cm³/mol. The highest BCUT2D eigenvalue weighted by atomic mass is 19.3. The van der Waals surface area contributed by atoms with Gasteiger partial charge in [-0.2, -0.15) is 0 Å². The van der Waals surface area contributed by atoms with Gasteiger partial charge in [0.05, 0.1) is 0 Å². The highest BCUT2D eigenvalue weighted by Crippen LogP contribution is 2.32. The standard InChI is InChI=1S/C8H6F4.C4H6F4.C4H6/c1-3-5(9)7(11)4(2)8(12)6(3)10;1-3(5,6)4(2,7)8;1-3-4-2/h1-2H3;1-2H3;1-2H3. The van der Waals surface area contributed by atoms with Crippen LogP contribution in [0.5, 0.6) is 0 Å². The maximum absolute atomic E-state index is 12.7. The van der Waals surface area contributed by atoms with Gasteiger partial charge >= 0.3 is 11.8 Å². The van der Waals surface area contributed by atoms with Gasteiger partial charge in [-0.3, -0.25) is 0 Å². The molecule has 0 saturated carbocycles. The van der Waals surface area contributed by atoms with Crippen LogP contribution in [0.15, 0.2) is 0 Å². The van der Waals surface area contributed by atoms with Crippen LogP contribution in [0, 0.1) is 49.0 Å². The molecule has 0 unspecified atom stereocenters. The Hall–Kier alpha value is -1.78. The monoisotopic (exact) mass is 362 g/mol. The molecule has 0 saturated heterocycles. The molecule has 1 aromatic carbocycles. The second-order valence-electron chi connectivity index (χ2n) is 4.78. The van der Waals surface area contributed by atoms with E-state index in [9.17, 15) is 35.1 Å². The van der Waals surface area contributed by atoms with Crippen molar-refractivity contribution in [3.63, 3.8) is 0 Å². The van der Waals surface area contributed by atoms with E-state index in [1.807, 2.05) is 13.8 Å². The van der Waals surface area contributed by atoms with Gasteiger partial charge in [0.15, 0.2) is 23.3 Å². The van der Waals surface area contributed by atoms with Crippen molar-refractivity contribution in [3.05, 3.63) is 34.4 Å². The second kappa shape index (κ2) is 9.50. The van der Waals surface area contributed by atoms with E-state index in [0.29, 0.717) is 0 Å². The second-order valence-corrected chi connectivity index (χ2v) is 4.78. The molecule has 24 heavy (non-hydrogen) atoms. The maximum atomic E-state index is 12.7. The van der Waals surface area contributed by atoms with Crippen molar-refractivity contribution < 1.29 is 35.1 Å². The van der Waals surface area contributed by atoms with E-state index in [2.05, 4.69) is 11.8 Å². The van der Waals surface area contributed by atoms with Crippen LogP contribution >= 0.6 is 0 Å². The summed E-state index contributed by atoms with van der Waals surface area (Å²) in [5.41, 5.74) is -1.26. The number of benzene rings is 1.